The number of hydrogen-bond acceptors (Lipinski definition) is 7. The van der Waals surface area contributed by atoms with Crippen molar-refractivity contribution in [3.63, 3.8) is 0 Å². The third-order valence-electron chi connectivity index (χ3n) is 5.32. The van der Waals surface area contributed by atoms with Crippen LogP contribution >= 0.6 is 0 Å². The summed E-state index contributed by atoms with van der Waals surface area (Å²) in [5, 5.41) is 14.7. The van der Waals surface area contributed by atoms with Crippen LogP contribution < -0.4 is 15.4 Å². The van der Waals surface area contributed by atoms with E-state index in [1.54, 1.807) is 43.4 Å². The smallest absolute Gasteiger partial charge is 0.207 e. The molecule has 1 unspecified atom stereocenters. The molecule has 0 aliphatic rings. The van der Waals surface area contributed by atoms with Crippen LogP contribution in [0.5, 0.6) is 5.75 Å². The Hall–Kier alpha value is -3.98. The summed E-state index contributed by atoms with van der Waals surface area (Å²) in [5.41, 5.74) is 1.53. The Bertz CT molecular complexity index is 1370. The van der Waals surface area contributed by atoms with Gasteiger partial charge in [0.05, 0.1) is 11.5 Å². The minimum atomic E-state index is -3.43. The van der Waals surface area contributed by atoms with Gasteiger partial charge in [-0.25, -0.2) is 12.8 Å². The van der Waals surface area contributed by atoms with Crippen molar-refractivity contribution >= 4 is 32.6 Å². The minimum Gasteiger partial charge on any atom is -0.494 e. The van der Waals surface area contributed by atoms with Crippen molar-refractivity contribution < 1.29 is 22.3 Å². The van der Waals surface area contributed by atoms with Gasteiger partial charge in [0.1, 0.15) is 23.3 Å². The number of rotatable bonds is 11. The maximum atomic E-state index is 13.7. The fourth-order valence-corrected chi connectivity index (χ4v) is 4.20. The molecule has 0 fully saturated rings. The summed E-state index contributed by atoms with van der Waals surface area (Å²) in [7, 11) is -1.79. The molecule has 0 radical (unpaired) electrons. The van der Waals surface area contributed by atoms with Crippen LogP contribution in [0.3, 0.4) is 0 Å². The SMILES string of the molecule is CCOc1cccc(NC(C(=O)C(=N)/C(=C\NC)c2ccc(F)cc2)c2ccc(S(C)(=O)=O)cc2)c1. The number of carbonyl (C=O) groups is 1. The highest BCUT2D eigenvalue weighted by molar-refractivity contribution is 7.90. The molecule has 3 N–H and O–H groups in total. The largest absolute Gasteiger partial charge is 0.494 e. The lowest BCUT2D eigenvalue weighted by atomic mass is 9.92. The fourth-order valence-electron chi connectivity index (χ4n) is 3.57. The zero-order chi connectivity index (χ0) is 26.3. The van der Waals surface area contributed by atoms with E-state index in [9.17, 15) is 17.6 Å². The first kappa shape index (κ1) is 26.6. The summed E-state index contributed by atoms with van der Waals surface area (Å²) in [6, 6.07) is 17.5. The van der Waals surface area contributed by atoms with Gasteiger partial charge in [0.2, 0.25) is 5.78 Å². The lowest BCUT2D eigenvalue weighted by molar-refractivity contribution is -0.113. The zero-order valence-corrected chi connectivity index (χ0v) is 21.0. The summed E-state index contributed by atoms with van der Waals surface area (Å²) in [6.45, 7) is 2.33. The van der Waals surface area contributed by atoms with Crippen molar-refractivity contribution in [3.05, 3.63) is 95.9 Å². The average Bonchev–Trinajstić information content (AvgIpc) is 2.86. The molecule has 0 heterocycles. The van der Waals surface area contributed by atoms with Gasteiger partial charge in [-0.1, -0.05) is 30.3 Å². The van der Waals surface area contributed by atoms with Crippen molar-refractivity contribution in [2.45, 2.75) is 17.9 Å². The van der Waals surface area contributed by atoms with Crippen LogP contribution in [0.4, 0.5) is 10.1 Å². The van der Waals surface area contributed by atoms with Crippen molar-refractivity contribution in [3.8, 4) is 5.75 Å². The second-order valence-electron chi connectivity index (χ2n) is 7.97. The number of carbonyl (C=O) groups excluding carboxylic acids is 1. The van der Waals surface area contributed by atoms with Crippen LogP contribution in [-0.4, -0.2) is 39.8 Å². The Balaban J connectivity index is 2.03. The topological polar surface area (TPSA) is 108 Å². The van der Waals surface area contributed by atoms with E-state index < -0.39 is 27.5 Å². The summed E-state index contributed by atoms with van der Waals surface area (Å²) >= 11 is 0. The molecule has 3 rings (SSSR count). The van der Waals surface area contributed by atoms with Crippen LogP contribution in [0, 0.1) is 11.2 Å². The molecule has 7 nitrogen and oxygen atoms in total. The average molecular weight is 510 g/mol. The van der Waals surface area contributed by atoms with Crippen LogP contribution in [0.1, 0.15) is 24.1 Å². The second-order valence-corrected chi connectivity index (χ2v) is 9.99. The molecule has 9 heteroatoms. The van der Waals surface area contributed by atoms with E-state index >= 15 is 0 Å². The number of Topliss-reactive ketones (excluding diaryl/α,β-unsaturated/α-hetero) is 1. The Labute approximate surface area is 210 Å². The number of ketones is 1. The van der Waals surface area contributed by atoms with Crippen LogP contribution in [-0.2, 0) is 14.6 Å². The van der Waals surface area contributed by atoms with E-state index in [-0.39, 0.29) is 16.2 Å². The molecule has 0 aliphatic heterocycles. The summed E-state index contributed by atoms with van der Waals surface area (Å²) in [4.78, 5) is 13.8. The summed E-state index contributed by atoms with van der Waals surface area (Å²) in [5.74, 6) is -0.381. The number of benzene rings is 3. The Kier molecular flexibility index (Phi) is 8.60. The number of sulfone groups is 1. The maximum Gasteiger partial charge on any atom is 0.207 e. The fraction of sp³-hybridized carbons (Fsp3) is 0.185. The second kappa shape index (κ2) is 11.6. The molecule has 36 heavy (non-hydrogen) atoms. The van der Waals surface area contributed by atoms with Gasteiger partial charge in [0, 0.05) is 36.8 Å². The highest BCUT2D eigenvalue weighted by Crippen LogP contribution is 2.27. The Morgan fingerprint density at radius 1 is 1.08 bits per heavy atom. The predicted molar refractivity (Wildman–Crippen MR) is 140 cm³/mol. The molecule has 3 aromatic rings. The van der Waals surface area contributed by atoms with Gasteiger partial charge in [-0.2, -0.15) is 0 Å². The third kappa shape index (κ3) is 6.57. The molecule has 0 amide bonds. The van der Waals surface area contributed by atoms with E-state index in [2.05, 4.69) is 10.6 Å². The molecule has 0 saturated heterocycles. The maximum absolute atomic E-state index is 13.7. The number of allylic oxidation sites excluding steroid dienone is 1. The molecule has 0 spiro atoms. The molecular formula is C27H28FN3O4S. The molecule has 0 saturated carbocycles. The van der Waals surface area contributed by atoms with Gasteiger partial charge in [-0.05, 0) is 54.4 Å². The van der Waals surface area contributed by atoms with Gasteiger partial charge in [-0.3, -0.25) is 10.2 Å². The molecule has 0 bridgehead atoms. The third-order valence-corrected chi connectivity index (χ3v) is 6.45. The molecule has 188 valence electrons. The lowest BCUT2D eigenvalue weighted by Gasteiger charge is -2.21. The number of ether oxygens (including phenoxy) is 1. The van der Waals surface area contributed by atoms with E-state index in [4.69, 9.17) is 10.1 Å². The van der Waals surface area contributed by atoms with E-state index in [0.29, 0.717) is 29.2 Å². The highest BCUT2D eigenvalue weighted by atomic mass is 32.2. The summed E-state index contributed by atoms with van der Waals surface area (Å²) < 4.78 is 42.9. The molecule has 0 aromatic heterocycles. The quantitative estimate of drug-likeness (QED) is 0.325. The van der Waals surface area contributed by atoms with Crippen LogP contribution in [0.15, 0.2) is 83.9 Å². The first-order valence-electron chi connectivity index (χ1n) is 11.2. The Morgan fingerprint density at radius 2 is 1.75 bits per heavy atom. The molecular weight excluding hydrogens is 481 g/mol. The predicted octanol–water partition coefficient (Wildman–Crippen LogP) is 4.63. The highest BCUT2D eigenvalue weighted by Gasteiger charge is 2.27. The van der Waals surface area contributed by atoms with E-state index in [0.717, 1.165) is 6.26 Å². The minimum absolute atomic E-state index is 0.118. The monoisotopic (exact) mass is 509 g/mol. The first-order valence-corrected chi connectivity index (χ1v) is 13.1. The van der Waals surface area contributed by atoms with E-state index in [1.165, 1.54) is 42.6 Å². The number of nitrogens with one attached hydrogen (secondary N) is 3. The summed E-state index contributed by atoms with van der Waals surface area (Å²) in [6.07, 6.45) is 2.61. The molecule has 0 aliphatic carbocycles. The van der Waals surface area contributed by atoms with Gasteiger partial charge in [0.15, 0.2) is 9.84 Å². The standard InChI is InChI=1S/C27H28FN3O4S/c1-4-35-22-7-5-6-21(16-22)31-26(19-10-14-23(15-11-19)36(3,33)34)27(32)25(29)24(17-30-2)18-8-12-20(28)13-9-18/h5-17,26,29-31H,4H2,1-3H3/b24-17-,29-25?. The van der Waals surface area contributed by atoms with Crippen LogP contribution in [0.25, 0.3) is 5.57 Å². The van der Waals surface area contributed by atoms with E-state index in [1.807, 2.05) is 6.92 Å². The van der Waals surface area contributed by atoms with Crippen molar-refractivity contribution in [2.75, 3.05) is 25.2 Å². The molecule has 1 atom stereocenters. The van der Waals surface area contributed by atoms with Crippen molar-refractivity contribution in [1.29, 1.82) is 5.41 Å². The normalized spacial score (nSPS) is 12.5. The molecule has 3 aromatic carbocycles. The van der Waals surface area contributed by atoms with Crippen molar-refractivity contribution in [2.24, 2.45) is 0 Å². The number of anilines is 1. The van der Waals surface area contributed by atoms with Crippen LogP contribution in [0.2, 0.25) is 0 Å². The zero-order valence-electron chi connectivity index (χ0n) is 20.2. The van der Waals surface area contributed by atoms with Gasteiger partial charge in [0.25, 0.3) is 0 Å². The van der Waals surface area contributed by atoms with Gasteiger partial charge < -0.3 is 15.4 Å². The lowest BCUT2D eigenvalue weighted by Crippen LogP contribution is -2.29. The van der Waals surface area contributed by atoms with Crippen molar-refractivity contribution in [1.82, 2.24) is 5.32 Å². The van der Waals surface area contributed by atoms with Gasteiger partial charge >= 0.3 is 0 Å². The Morgan fingerprint density at radius 3 is 2.33 bits per heavy atom. The first-order chi connectivity index (χ1) is 17.1. The number of hydrogen-bond donors (Lipinski definition) is 3. The van der Waals surface area contributed by atoms with Gasteiger partial charge in [-0.15, -0.1) is 0 Å². The number of halogens is 1.